The van der Waals surface area contributed by atoms with E-state index in [4.69, 9.17) is 4.74 Å². The highest BCUT2D eigenvalue weighted by atomic mass is 79.9. The van der Waals surface area contributed by atoms with Gasteiger partial charge in [0.05, 0.1) is 16.6 Å². The average Bonchev–Trinajstić information content (AvgIpc) is 2.59. The highest BCUT2D eigenvalue weighted by Gasteiger charge is 2.18. The smallest absolute Gasteiger partial charge is 0.355 e. The van der Waals surface area contributed by atoms with Crippen molar-refractivity contribution in [1.29, 1.82) is 0 Å². The summed E-state index contributed by atoms with van der Waals surface area (Å²) in [5.41, 5.74) is 0.541. The number of esters is 1. The number of aromatic nitrogens is 1. The first-order valence-corrected chi connectivity index (χ1v) is 5.57. The number of carbonyl (C=O) groups excluding carboxylic acids is 1. The molecule has 2 aromatic rings. The Bertz CT molecular complexity index is 550. The number of benzene rings is 1. The van der Waals surface area contributed by atoms with Crippen molar-refractivity contribution in [3.63, 3.8) is 0 Å². The molecule has 0 bridgehead atoms. The number of fused-ring (bicyclic) bond motifs is 1. The number of carbonyl (C=O) groups is 1. The zero-order chi connectivity index (χ0) is 11.7. The van der Waals surface area contributed by atoms with Crippen molar-refractivity contribution in [2.45, 2.75) is 6.92 Å². The van der Waals surface area contributed by atoms with Crippen LogP contribution < -0.4 is 0 Å². The summed E-state index contributed by atoms with van der Waals surface area (Å²) < 4.78 is 18.8. The lowest BCUT2D eigenvalue weighted by Crippen LogP contribution is -2.05. The van der Waals surface area contributed by atoms with Crippen molar-refractivity contribution >= 4 is 32.8 Å². The number of hydrogen-bond donors (Lipinski definition) is 1. The van der Waals surface area contributed by atoms with Gasteiger partial charge in [0, 0.05) is 5.39 Å². The normalized spacial score (nSPS) is 10.7. The number of aromatic amines is 1. The lowest BCUT2D eigenvalue weighted by Gasteiger charge is -1.98. The molecule has 1 aromatic heterocycles. The van der Waals surface area contributed by atoms with Crippen LogP contribution in [0, 0.1) is 5.82 Å². The number of para-hydroxylation sites is 1. The summed E-state index contributed by atoms with van der Waals surface area (Å²) in [6.07, 6.45) is 0. The third kappa shape index (κ3) is 1.71. The second-order valence-electron chi connectivity index (χ2n) is 3.20. The standard InChI is InChI=1S/C11H9BrFNO2/c1-2-16-11(15)10-8(12)6-4-3-5-7(13)9(6)14-10/h3-5,14H,2H2,1H3. The fraction of sp³-hybridized carbons (Fsp3) is 0.182. The van der Waals surface area contributed by atoms with Crippen molar-refractivity contribution < 1.29 is 13.9 Å². The summed E-state index contributed by atoms with van der Waals surface area (Å²) >= 11 is 3.26. The van der Waals surface area contributed by atoms with Crippen LogP contribution in [0.2, 0.25) is 0 Å². The molecule has 0 fully saturated rings. The Balaban J connectivity index is 2.60. The Morgan fingerprint density at radius 2 is 2.31 bits per heavy atom. The summed E-state index contributed by atoms with van der Waals surface area (Å²) in [5, 5.41) is 0.628. The van der Waals surface area contributed by atoms with Crippen LogP contribution in [0.3, 0.4) is 0 Å². The summed E-state index contributed by atoms with van der Waals surface area (Å²) in [6, 6.07) is 4.65. The lowest BCUT2D eigenvalue weighted by molar-refractivity contribution is 0.0519. The molecule has 0 amide bonds. The lowest BCUT2D eigenvalue weighted by atomic mass is 10.2. The predicted octanol–water partition coefficient (Wildman–Crippen LogP) is 3.25. The quantitative estimate of drug-likeness (QED) is 0.861. The fourth-order valence-electron chi connectivity index (χ4n) is 1.49. The number of hydrogen-bond acceptors (Lipinski definition) is 2. The van der Waals surface area contributed by atoms with Gasteiger partial charge in [-0.25, -0.2) is 9.18 Å². The summed E-state index contributed by atoms with van der Waals surface area (Å²) in [6.45, 7) is 2.00. The van der Waals surface area contributed by atoms with E-state index in [0.717, 1.165) is 0 Å². The molecule has 0 aliphatic carbocycles. The van der Waals surface area contributed by atoms with Crippen molar-refractivity contribution in [2.24, 2.45) is 0 Å². The molecule has 84 valence electrons. The first-order valence-electron chi connectivity index (χ1n) is 4.78. The van der Waals surface area contributed by atoms with Crippen LogP contribution in [0.15, 0.2) is 22.7 Å². The first-order chi connectivity index (χ1) is 7.65. The third-order valence-corrected chi connectivity index (χ3v) is 3.02. The molecule has 0 saturated heterocycles. The minimum absolute atomic E-state index is 0.238. The highest BCUT2D eigenvalue weighted by molar-refractivity contribution is 9.10. The molecule has 0 unspecified atom stereocenters. The maximum absolute atomic E-state index is 13.4. The Morgan fingerprint density at radius 1 is 1.56 bits per heavy atom. The predicted molar refractivity (Wildman–Crippen MR) is 61.9 cm³/mol. The van der Waals surface area contributed by atoms with Crippen LogP contribution in [0.1, 0.15) is 17.4 Å². The number of H-pyrrole nitrogens is 1. The molecule has 0 saturated carbocycles. The minimum Gasteiger partial charge on any atom is -0.461 e. The van der Waals surface area contributed by atoms with Gasteiger partial charge in [-0.15, -0.1) is 0 Å². The van der Waals surface area contributed by atoms with Crippen LogP contribution in [-0.2, 0) is 4.74 Å². The molecule has 1 aromatic carbocycles. The average molecular weight is 286 g/mol. The van der Waals surface area contributed by atoms with Gasteiger partial charge in [-0.2, -0.15) is 0 Å². The summed E-state index contributed by atoms with van der Waals surface area (Å²) in [4.78, 5) is 14.3. The molecule has 2 rings (SSSR count). The Kier molecular flexibility index (Phi) is 2.96. The van der Waals surface area contributed by atoms with E-state index in [1.54, 1.807) is 19.1 Å². The van der Waals surface area contributed by atoms with Gasteiger partial charge in [-0.3, -0.25) is 0 Å². The number of halogens is 2. The van der Waals surface area contributed by atoms with Gasteiger partial charge < -0.3 is 9.72 Å². The molecule has 1 heterocycles. The maximum Gasteiger partial charge on any atom is 0.355 e. The van der Waals surface area contributed by atoms with Gasteiger partial charge in [0.1, 0.15) is 11.5 Å². The van der Waals surface area contributed by atoms with Gasteiger partial charge in [0.25, 0.3) is 0 Å². The highest BCUT2D eigenvalue weighted by Crippen LogP contribution is 2.29. The van der Waals surface area contributed by atoms with Crippen LogP contribution in [0.5, 0.6) is 0 Å². The zero-order valence-corrected chi connectivity index (χ0v) is 10.1. The van der Waals surface area contributed by atoms with Gasteiger partial charge in [0.2, 0.25) is 0 Å². The SMILES string of the molecule is CCOC(=O)c1[nH]c2c(F)cccc2c1Br. The Morgan fingerprint density at radius 3 is 2.94 bits per heavy atom. The van der Waals surface area contributed by atoms with E-state index in [0.29, 0.717) is 15.4 Å². The Labute approximate surface area is 99.7 Å². The topological polar surface area (TPSA) is 42.1 Å². The fourth-order valence-corrected chi connectivity index (χ4v) is 2.08. The molecule has 0 atom stereocenters. The van der Waals surface area contributed by atoms with E-state index in [-0.39, 0.29) is 12.3 Å². The molecule has 1 N–H and O–H groups in total. The molecular formula is C11H9BrFNO2. The monoisotopic (exact) mass is 285 g/mol. The van der Waals surface area contributed by atoms with E-state index < -0.39 is 11.8 Å². The maximum atomic E-state index is 13.4. The van der Waals surface area contributed by atoms with Crippen molar-refractivity contribution in [1.82, 2.24) is 4.98 Å². The minimum atomic E-state index is -0.495. The van der Waals surface area contributed by atoms with Crippen LogP contribution >= 0.6 is 15.9 Å². The zero-order valence-electron chi connectivity index (χ0n) is 8.51. The molecule has 0 spiro atoms. The number of rotatable bonds is 2. The molecule has 0 aliphatic heterocycles. The molecule has 3 nitrogen and oxygen atoms in total. The Hall–Kier alpha value is -1.36. The van der Waals surface area contributed by atoms with Crippen molar-refractivity contribution in [3.05, 3.63) is 34.2 Å². The van der Waals surface area contributed by atoms with Gasteiger partial charge in [0.15, 0.2) is 0 Å². The second kappa shape index (κ2) is 4.25. The summed E-state index contributed by atoms with van der Waals surface area (Å²) in [7, 11) is 0. The van der Waals surface area contributed by atoms with Crippen LogP contribution in [0.25, 0.3) is 10.9 Å². The summed E-state index contributed by atoms with van der Waals surface area (Å²) in [5.74, 6) is -0.890. The van der Waals surface area contributed by atoms with Crippen molar-refractivity contribution in [3.8, 4) is 0 Å². The molecule has 16 heavy (non-hydrogen) atoms. The van der Waals surface area contributed by atoms with Gasteiger partial charge >= 0.3 is 5.97 Å². The third-order valence-electron chi connectivity index (χ3n) is 2.20. The van der Waals surface area contributed by atoms with Crippen LogP contribution in [-0.4, -0.2) is 17.6 Å². The van der Waals surface area contributed by atoms with E-state index >= 15 is 0 Å². The van der Waals surface area contributed by atoms with E-state index in [2.05, 4.69) is 20.9 Å². The molecule has 5 heteroatoms. The van der Waals surface area contributed by atoms with E-state index in [1.807, 2.05) is 0 Å². The second-order valence-corrected chi connectivity index (χ2v) is 3.99. The largest absolute Gasteiger partial charge is 0.461 e. The number of nitrogens with one attached hydrogen (secondary N) is 1. The van der Waals surface area contributed by atoms with Gasteiger partial charge in [-0.05, 0) is 28.9 Å². The molecular weight excluding hydrogens is 277 g/mol. The van der Waals surface area contributed by atoms with Gasteiger partial charge in [-0.1, -0.05) is 12.1 Å². The van der Waals surface area contributed by atoms with Crippen LogP contribution in [0.4, 0.5) is 4.39 Å². The van der Waals surface area contributed by atoms with E-state index in [9.17, 15) is 9.18 Å². The van der Waals surface area contributed by atoms with E-state index in [1.165, 1.54) is 6.07 Å². The molecule has 0 aliphatic rings. The molecule has 0 radical (unpaired) electrons. The number of ether oxygens (including phenoxy) is 1. The first kappa shape index (κ1) is 11.1. The van der Waals surface area contributed by atoms with Crippen molar-refractivity contribution in [2.75, 3.05) is 6.61 Å².